The van der Waals surface area contributed by atoms with Gasteiger partial charge >= 0.3 is 17.9 Å². The summed E-state index contributed by atoms with van der Waals surface area (Å²) in [6.45, 7) is -1.06. The first kappa shape index (κ1) is 23.5. The van der Waals surface area contributed by atoms with Crippen molar-refractivity contribution in [2.45, 2.75) is 88.6 Å². The van der Waals surface area contributed by atoms with Crippen LogP contribution in [0.2, 0.25) is 0 Å². The van der Waals surface area contributed by atoms with E-state index < -0.39 is 42.0 Å². The van der Waals surface area contributed by atoms with Crippen LogP contribution < -0.4 is 0 Å². The molecule has 2 unspecified atom stereocenters. The van der Waals surface area contributed by atoms with Gasteiger partial charge in [0.05, 0.1) is 13.9 Å². The summed E-state index contributed by atoms with van der Waals surface area (Å²) in [6.07, 6.45) is 21.9. The fourth-order valence-electron chi connectivity index (χ4n) is 5.44. The molecular weight excluding hydrogens is 460 g/mol. The van der Waals surface area contributed by atoms with Gasteiger partial charge in [0.25, 0.3) is 5.79 Å². The van der Waals surface area contributed by atoms with E-state index in [1.165, 1.54) is 6.08 Å². The van der Waals surface area contributed by atoms with Crippen molar-refractivity contribution in [3.05, 3.63) is 59.3 Å². The Morgan fingerprint density at radius 2 is 1.58 bits per heavy atom. The zero-order valence-corrected chi connectivity index (χ0v) is 20.5. The van der Waals surface area contributed by atoms with Crippen LogP contribution in [0, 0.1) is 5.92 Å². The van der Waals surface area contributed by atoms with Crippen molar-refractivity contribution in [2.24, 2.45) is 5.92 Å². The number of carbonyl (C=O) groups excluding carboxylic acids is 3. The Balaban J connectivity index is 1.36. The maximum atomic E-state index is 12.9. The van der Waals surface area contributed by atoms with Crippen molar-refractivity contribution in [3.63, 3.8) is 0 Å². The van der Waals surface area contributed by atoms with Gasteiger partial charge in [0.2, 0.25) is 5.79 Å². The Bertz CT molecular complexity index is 1060. The third kappa shape index (κ3) is 5.41. The first-order chi connectivity index (χ1) is 17.9. The third-order valence-corrected chi connectivity index (χ3v) is 7.51. The van der Waals surface area contributed by atoms with Crippen LogP contribution in [0.15, 0.2) is 59.3 Å². The molecule has 0 radical (unpaired) electrons. The first-order valence-electron chi connectivity index (χ1n) is 13.7. The van der Waals surface area contributed by atoms with Gasteiger partial charge in [0.15, 0.2) is 0 Å². The zero-order valence-electron chi connectivity index (χ0n) is 21.5. The minimum absolute atomic E-state index is 0.160. The molecule has 5 aliphatic rings. The lowest BCUT2D eigenvalue weighted by molar-refractivity contribution is -0.270. The van der Waals surface area contributed by atoms with E-state index in [9.17, 15) is 14.4 Å². The highest BCUT2D eigenvalue weighted by atomic mass is 16.7. The molecule has 0 amide bonds. The average Bonchev–Trinajstić information content (AvgIpc) is 2.88. The van der Waals surface area contributed by atoms with E-state index in [-0.39, 0.29) is 5.57 Å². The standard InChI is InChI=1S/C29H34O7/c30-25-23(20-33-28(34-25)16-6-2-7-17-28)13-12-22(21-10-4-1-5-11-21)14-15-24-26(31)35-29(36-27(24)32)18-8-3-9-19-29/h1,4,10,12-15,23H,2-3,5-9,11,16-20H2/i20D. The fourth-order valence-corrected chi connectivity index (χ4v) is 5.44. The van der Waals surface area contributed by atoms with Crippen molar-refractivity contribution in [1.82, 2.24) is 0 Å². The minimum Gasteiger partial charge on any atom is -0.433 e. The highest BCUT2D eigenvalue weighted by Crippen LogP contribution is 2.38. The van der Waals surface area contributed by atoms with Gasteiger partial charge in [-0.1, -0.05) is 49.3 Å². The number of allylic oxidation sites excluding steroid dienone is 8. The highest BCUT2D eigenvalue weighted by molar-refractivity contribution is 6.15. The lowest BCUT2D eigenvalue weighted by Crippen LogP contribution is -2.47. The van der Waals surface area contributed by atoms with Crippen LogP contribution in [0.3, 0.4) is 0 Å². The van der Waals surface area contributed by atoms with E-state index in [4.69, 9.17) is 20.3 Å². The second kappa shape index (κ2) is 10.6. The summed E-state index contributed by atoms with van der Waals surface area (Å²) in [5.74, 6) is -4.79. The molecule has 192 valence electrons. The number of esters is 3. The van der Waals surface area contributed by atoms with E-state index in [1.807, 2.05) is 12.2 Å². The molecule has 0 aromatic rings. The number of hydrogen-bond donors (Lipinski definition) is 0. The molecule has 4 fully saturated rings. The molecular formula is C29H34O7. The van der Waals surface area contributed by atoms with Gasteiger partial charge in [-0.05, 0) is 55.7 Å². The fraction of sp³-hybridized carbons (Fsp3) is 0.552. The monoisotopic (exact) mass is 495 g/mol. The molecule has 3 aliphatic carbocycles. The lowest BCUT2D eigenvalue weighted by Gasteiger charge is -2.41. The van der Waals surface area contributed by atoms with E-state index in [1.54, 1.807) is 18.2 Å². The smallest absolute Gasteiger partial charge is 0.348 e. The minimum atomic E-state index is -1.13. The molecule has 0 aromatic carbocycles. The van der Waals surface area contributed by atoms with Crippen LogP contribution in [0.5, 0.6) is 0 Å². The summed E-state index contributed by atoms with van der Waals surface area (Å²) in [5, 5.41) is 0. The van der Waals surface area contributed by atoms with E-state index in [0.29, 0.717) is 31.3 Å². The normalized spacial score (nSPS) is 30.5. The summed E-state index contributed by atoms with van der Waals surface area (Å²) >= 11 is 0. The molecule has 5 rings (SSSR count). The summed E-state index contributed by atoms with van der Waals surface area (Å²) in [4.78, 5) is 38.3. The predicted octanol–water partition coefficient (Wildman–Crippen LogP) is 5.28. The van der Waals surface area contributed by atoms with Crippen LogP contribution in [0.25, 0.3) is 0 Å². The van der Waals surface area contributed by atoms with Crippen molar-refractivity contribution < 1.29 is 34.7 Å². The topological polar surface area (TPSA) is 88.1 Å². The molecule has 0 N–H and O–H groups in total. The zero-order chi connectivity index (χ0) is 25.9. The van der Waals surface area contributed by atoms with Gasteiger partial charge in [-0.2, -0.15) is 0 Å². The van der Waals surface area contributed by atoms with Gasteiger partial charge in [0.1, 0.15) is 5.57 Å². The average molecular weight is 496 g/mol. The SMILES string of the molecule is [2H]C1OC2(CCCCC2)OC(=O)C1C=CC(=CC=C1C(=O)OC2(CCCCC2)OC1=O)C1=CC=CCC1. The van der Waals surface area contributed by atoms with Crippen LogP contribution in [-0.4, -0.2) is 36.1 Å². The Hall–Kier alpha value is -2.93. The van der Waals surface area contributed by atoms with Gasteiger partial charge in [-0.15, -0.1) is 0 Å². The number of hydrogen-bond acceptors (Lipinski definition) is 7. The van der Waals surface area contributed by atoms with E-state index in [0.717, 1.165) is 56.9 Å². The number of ether oxygens (including phenoxy) is 4. The molecule has 2 aliphatic heterocycles. The van der Waals surface area contributed by atoms with Gasteiger partial charge < -0.3 is 18.9 Å². The van der Waals surface area contributed by atoms with Gasteiger partial charge in [0, 0.05) is 25.7 Å². The van der Waals surface area contributed by atoms with Crippen LogP contribution in [0.4, 0.5) is 0 Å². The Morgan fingerprint density at radius 1 is 0.917 bits per heavy atom. The molecule has 0 aromatic heterocycles. The molecule has 0 bridgehead atoms. The molecule has 2 spiro atoms. The maximum absolute atomic E-state index is 12.9. The summed E-state index contributed by atoms with van der Waals surface area (Å²) < 4.78 is 31.2. The molecule has 2 saturated carbocycles. The van der Waals surface area contributed by atoms with Crippen molar-refractivity contribution in [3.8, 4) is 0 Å². The van der Waals surface area contributed by atoms with Gasteiger partial charge in [-0.3, -0.25) is 4.79 Å². The van der Waals surface area contributed by atoms with Crippen molar-refractivity contribution in [2.75, 3.05) is 6.58 Å². The lowest BCUT2D eigenvalue weighted by atomic mass is 9.92. The van der Waals surface area contributed by atoms with Crippen LogP contribution in [-0.2, 0) is 33.3 Å². The second-order valence-electron chi connectivity index (χ2n) is 10.1. The van der Waals surface area contributed by atoms with Crippen molar-refractivity contribution in [1.29, 1.82) is 0 Å². The number of rotatable bonds is 4. The highest BCUT2D eigenvalue weighted by Gasteiger charge is 2.46. The van der Waals surface area contributed by atoms with E-state index in [2.05, 4.69) is 6.08 Å². The quantitative estimate of drug-likeness (QED) is 0.227. The second-order valence-corrected chi connectivity index (χ2v) is 10.1. The van der Waals surface area contributed by atoms with E-state index >= 15 is 0 Å². The maximum Gasteiger partial charge on any atom is 0.348 e. The predicted molar refractivity (Wildman–Crippen MR) is 131 cm³/mol. The Morgan fingerprint density at radius 3 is 2.19 bits per heavy atom. The van der Waals surface area contributed by atoms with Crippen molar-refractivity contribution >= 4 is 17.9 Å². The Labute approximate surface area is 213 Å². The molecule has 7 heteroatoms. The number of carbonyl (C=O) groups is 3. The molecule has 2 saturated heterocycles. The summed E-state index contributed by atoms with van der Waals surface area (Å²) in [5.41, 5.74) is 1.53. The van der Waals surface area contributed by atoms with Gasteiger partial charge in [-0.25, -0.2) is 9.59 Å². The molecule has 7 nitrogen and oxygen atoms in total. The largest absolute Gasteiger partial charge is 0.433 e. The first-order valence-corrected chi connectivity index (χ1v) is 13.1. The molecule has 36 heavy (non-hydrogen) atoms. The summed E-state index contributed by atoms with van der Waals surface area (Å²) in [7, 11) is 0. The Kier molecular flexibility index (Phi) is 6.90. The van der Waals surface area contributed by atoms with Crippen LogP contribution >= 0.6 is 0 Å². The molecule has 2 heterocycles. The molecule has 2 atom stereocenters. The summed E-state index contributed by atoms with van der Waals surface area (Å²) in [6, 6.07) is 0. The third-order valence-electron chi connectivity index (χ3n) is 7.51. The van der Waals surface area contributed by atoms with Crippen LogP contribution in [0.1, 0.15) is 78.4 Å².